The highest BCUT2D eigenvalue weighted by atomic mass is 35.5. The van der Waals surface area contributed by atoms with E-state index in [0.29, 0.717) is 28.8 Å². The van der Waals surface area contributed by atoms with Crippen molar-refractivity contribution >= 4 is 35.9 Å². The van der Waals surface area contributed by atoms with Gasteiger partial charge in [0.2, 0.25) is 5.16 Å². The summed E-state index contributed by atoms with van der Waals surface area (Å²) in [6, 6.07) is 9.51. The molecule has 0 atom stereocenters. The lowest BCUT2D eigenvalue weighted by molar-refractivity contribution is 0.0945. The summed E-state index contributed by atoms with van der Waals surface area (Å²) < 4.78 is 1.73. The third kappa shape index (κ3) is 5.43. The van der Waals surface area contributed by atoms with Gasteiger partial charge in [-0.25, -0.2) is 9.50 Å². The molecule has 2 heterocycles. The van der Waals surface area contributed by atoms with Gasteiger partial charge in [-0.15, -0.1) is 17.5 Å². The predicted octanol–water partition coefficient (Wildman–Crippen LogP) is 2.92. The van der Waals surface area contributed by atoms with Crippen molar-refractivity contribution in [3.63, 3.8) is 0 Å². The van der Waals surface area contributed by atoms with Crippen LogP contribution in [-0.2, 0) is 5.75 Å². The SMILES string of the molecule is Cc1cc(C)n2nc(SCc3ccccc3C(=O)NCC(C)(C)N)nc2n1.Cl. The Labute approximate surface area is 174 Å². The molecule has 1 aromatic carbocycles. The molecule has 0 aliphatic rings. The van der Waals surface area contributed by atoms with Crippen LogP contribution in [0.3, 0.4) is 0 Å². The Morgan fingerprint density at radius 1 is 1.25 bits per heavy atom. The van der Waals surface area contributed by atoms with Crippen molar-refractivity contribution < 1.29 is 4.79 Å². The second kappa shape index (κ2) is 8.89. The molecule has 0 aliphatic carbocycles. The summed E-state index contributed by atoms with van der Waals surface area (Å²) in [5.41, 5.74) is 8.96. The second-order valence-electron chi connectivity index (χ2n) is 7.26. The van der Waals surface area contributed by atoms with Crippen molar-refractivity contribution in [1.82, 2.24) is 24.9 Å². The van der Waals surface area contributed by atoms with Crippen molar-refractivity contribution in [1.29, 1.82) is 0 Å². The van der Waals surface area contributed by atoms with Gasteiger partial charge in [0.1, 0.15) is 0 Å². The second-order valence-corrected chi connectivity index (χ2v) is 8.20. The number of carbonyl (C=O) groups is 1. The molecule has 28 heavy (non-hydrogen) atoms. The molecule has 0 aliphatic heterocycles. The molecule has 150 valence electrons. The molecule has 2 aromatic heterocycles. The third-order valence-electron chi connectivity index (χ3n) is 3.92. The van der Waals surface area contributed by atoms with E-state index in [1.165, 1.54) is 11.8 Å². The van der Waals surface area contributed by atoms with E-state index >= 15 is 0 Å². The molecule has 0 saturated carbocycles. The zero-order chi connectivity index (χ0) is 19.6. The van der Waals surface area contributed by atoms with E-state index in [1.807, 2.05) is 58.0 Å². The predicted molar refractivity (Wildman–Crippen MR) is 114 cm³/mol. The average molecular weight is 421 g/mol. The first kappa shape index (κ1) is 22.1. The maximum Gasteiger partial charge on any atom is 0.253 e. The van der Waals surface area contributed by atoms with Gasteiger partial charge in [-0.2, -0.15) is 4.98 Å². The fraction of sp³-hybridized carbons (Fsp3) is 0.368. The normalized spacial score (nSPS) is 11.3. The van der Waals surface area contributed by atoms with Crippen molar-refractivity contribution in [2.75, 3.05) is 6.54 Å². The van der Waals surface area contributed by atoms with Crippen LogP contribution in [-0.4, -0.2) is 37.6 Å². The summed E-state index contributed by atoms with van der Waals surface area (Å²) in [5, 5.41) is 8.03. The van der Waals surface area contributed by atoms with E-state index in [2.05, 4.69) is 20.4 Å². The van der Waals surface area contributed by atoms with E-state index in [1.54, 1.807) is 4.52 Å². The molecule has 0 fully saturated rings. The summed E-state index contributed by atoms with van der Waals surface area (Å²) >= 11 is 1.48. The Morgan fingerprint density at radius 3 is 2.68 bits per heavy atom. The van der Waals surface area contributed by atoms with E-state index in [0.717, 1.165) is 17.0 Å². The molecule has 0 radical (unpaired) electrons. The number of thioether (sulfide) groups is 1. The number of carbonyl (C=O) groups excluding carboxylic acids is 1. The van der Waals surface area contributed by atoms with Crippen molar-refractivity contribution in [2.24, 2.45) is 5.73 Å². The minimum atomic E-state index is -0.456. The third-order valence-corrected chi connectivity index (χ3v) is 4.81. The lowest BCUT2D eigenvalue weighted by Gasteiger charge is -2.19. The molecule has 1 amide bonds. The molecule has 0 unspecified atom stereocenters. The van der Waals surface area contributed by atoms with Crippen molar-refractivity contribution in [3.05, 3.63) is 52.8 Å². The van der Waals surface area contributed by atoms with Gasteiger partial charge >= 0.3 is 0 Å². The number of nitrogens with two attached hydrogens (primary N) is 1. The van der Waals surface area contributed by atoms with Crippen LogP contribution in [0.5, 0.6) is 0 Å². The van der Waals surface area contributed by atoms with Crippen LogP contribution in [0.4, 0.5) is 0 Å². The van der Waals surface area contributed by atoms with Crippen molar-refractivity contribution in [3.8, 4) is 0 Å². The van der Waals surface area contributed by atoms with Gasteiger partial charge in [-0.3, -0.25) is 4.79 Å². The molecular formula is C19H25ClN6OS. The van der Waals surface area contributed by atoms with Crippen LogP contribution in [0.2, 0.25) is 0 Å². The maximum atomic E-state index is 12.5. The summed E-state index contributed by atoms with van der Waals surface area (Å²) in [6.07, 6.45) is 0. The van der Waals surface area contributed by atoms with E-state index < -0.39 is 5.54 Å². The first-order chi connectivity index (χ1) is 12.7. The first-order valence-corrected chi connectivity index (χ1v) is 9.70. The average Bonchev–Trinajstić information content (AvgIpc) is 3.00. The number of hydrogen-bond acceptors (Lipinski definition) is 6. The largest absolute Gasteiger partial charge is 0.350 e. The Kier molecular flexibility index (Phi) is 7.03. The number of aromatic nitrogens is 4. The van der Waals surface area contributed by atoms with Crippen LogP contribution >= 0.6 is 24.2 Å². The summed E-state index contributed by atoms with van der Waals surface area (Å²) in [6.45, 7) is 8.07. The number of halogens is 1. The number of fused-ring (bicyclic) bond motifs is 1. The molecule has 3 rings (SSSR count). The zero-order valence-electron chi connectivity index (χ0n) is 16.4. The number of nitrogens with one attached hydrogen (secondary N) is 1. The molecule has 3 N–H and O–H groups in total. The highest BCUT2D eigenvalue weighted by Crippen LogP contribution is 2.22. The van der Waals surface area contributed by atoms with E-state index in [9.17, 15) is 4.79 Å². The topological polar surface area (TPSA) is 98.2 Å². The van der Waals surface area contributed by atoms with Gasteiger partial charge in [0.15, 0.2) is 0 Å². The Hall–Kier alpha value is -2.16. The standard InChI is InChI=1S/C19H24N6OS.ClH/c1-12-9-13(2)25-17(22-12)23-18(24-25)27-10-14-7-5-6-8-15(14)16(26)21-11-19(3,4)20;/h5-9H,10-11,20H2,1-4H3,(H,21,26);1H. The van der Waals surface area contributed by atoms with Crippen LogP contribution < -0.4 is 11.1 Å². The van der Waals surface area contributed by atoms with E-state index in [4.69, 9.17) is 5.73 Å². The number of hydrogen-bond donors (Lipinski definition) is 2. The Balaban J connectivity index is 0.00000280. The molecular weight excluding hydrogens is 396 g/mol. The molecule has 3 aromatic rings. The van der Waals surface area contributed by atoms with Gasteiger partial charge in [0, 0.05) is 34.8 Å². The number of benzene rings is 1. The minimum absolute atomic E-state index is 0. The lowest BCUT2D eigenvalue weighted by atomic mass is 10.1. The summed E-state index contributed by atoms with van der Waals surface area (Å²) in [7, 11) is 0. The van der Waals surface area contributed by atoms with Crippen LogP contribution in [0, 0.1) is 13.8 Å². The summed E-state index contributed by atoms with van der Waals surface area (Å²) in [4.78, 5) is 21.4. The minimum Gasteiger partial charge on any atom is -0.350 e. The number of rotatable bonds is 6. The zero-order valence-corrected chi connectivity index (χ0v) is 18.0. The fourth-order valence-electron chi connectivity index (χ4n) is 2.62. The van der Waals surface area contributed by atoms with Crippen LogP contribution in [0.15, 0.2) is 35.5 Å². The van der Waals surface area contributed by atoms with Crippen molar-refractivity contribution in [2.45, 2.75) is 44.1 Å². The van der Waals surface area contributed by atoms with E-state index in [-0.39, 0.29) is 18.3 Å². The molecule has 0 saturated heterocycles. The molecule has 7 nitrogen and oxygen atoms in total. The lowest BCUT2D eigenvalue weighted by Crippen LogP contribution is -2.45. The highest BCUT2D eigenvalue weighted by molar-refractivity contribution is 7.98. The van der Waals surface area contributed by atoms with Gasteiger partial charge in [-0.1, -0.05) is 30.0 Å². The number of amides is 1. The van der Waals surface area contributed by atoms with Gasteiger partial charge in [0.25, 0.3) is 11.7 Å². The van der Waals surface area contributed by atoms with Gasteiger partial charge in [0.05, 0.1) is 0 Å². The van der Waals surface area contributed by atoms with Gasteiger partial charge in [-0.05, 0) is 45.4 Å². The molecule has 9 heteroatoms. The fourth-order valence-corrected chi connectivity index (χ4v) is 3.44. The Morgan fingerprint density at radius 2 is 1.96 bits per heavy atom. The van der Waals surface area contributed by atoms with Gasteiger partial charge < -0.3 is 11.1 Å². The highest BCUT2D eigenvalue weighted by Gasteiger charge is 2.16. The number of nitrogens with zero attached hydrogens (tertiary/aromatic N) is 4. The number of aryl methyl sites for hydroxylation is 2. The summed E-state index contributed by atoms with van der Waals surface area (Å²) in [5.74, 6) is 1.05. The molecule has 0 bridgehead atoms. The molecule has 0 spiro atoms. The monoisotopic (exact) mass is 420 g/mol. The Bertz CT molecular complexity index is 982. The van der Waals surface area contributed by atoms with Crippen LogP contribution in [0.25, 0.3) is 5.78 Å². The quantitative estimate of drug-likeness (QED) is 0.595. The van der Waals surface area contributed by atoms with Crippen LogP contribution in [0.1, 0.15) is 41.2 Å². The first-order valence-electron chi connectivity index (χ1n) is 8.72. The maximum absolute atomic E-state index is 12.5. The smallest absolute Gasteiger partial charge is 0.253 e.